The summed E-state index contributed by atoms with van der Waals surface area (Å²) in [4.78, 5) is 14.5. The van der Waals surface area contributed by atoms with Crippen molar-refractivity contribution in [3.05, 3.63) is 35.6 Å². The number of nitrogens with one attached hydrogen (secondary N) is 1. The van der Waals surface area contributed by atoms with Gasteiger partial charge in [-0.2, -0.15) is 4.31 Å². The second-order valence-corrected chi connectivity index (χ2v) is 8.71. The van der Waals surface area contributed by atoms with Gasteiger partial charge in [-0.15, -0.1) is 0 Å². The van der Waals surface area contributed by atoms with Crippen molar-refractivity contribution < 1.29 is 17.6 Å². The summed E-state index contributed by atoms with van der Waals surface area (Å²) in [7, 11) is -3.63. The number of halogens is 1. The maximum atomic E-state index is 13.8. The molecule has 1 heterocycles. The quantitative estimate of drug-likeness (QED) is 0.656. The van der Waals surface area contributed by atoms with E-state index >= 15 is 0 Å². The van der Waals surface area contributed by atoms with E-state index in [0.29, 0.717) is 6.54 Å². The van der Waals surface area contributed by atoms with Gasteiger partial charge in [-0.3, -0.25) is 4.79 Å². The minimum Gasteiger partial charge on any atom is -0.355 e. The number of hydrogen-bond acceptors (Lipinski definition) is 4. The Bertz CT molecular complexity index is 691. The fourth-order valence-electron chi connectivity index (χ4n) is 3.04. The lowest BCUT2D eigenvalue weighted by molar-refractivity contribution is -0.121. The smallest absolute Gasteiger partial charge is 0.235 e. The number of nitrogens with zero attached hydrogens (tertiary/aromatic N) is 2. The van der Waals surface area contributed by atoms with Gasteiger partial charge >= 0.3 is 0 Å². The van der Waals surface area contributed by atoms with E-state index in [1.807, 2.05) is 0 Å². The number of amides is 1. The fraction of sp³-hybridized carbons (Fsp3) is 0.611. The molecular formula is C18H28FN3O3S. The van der Waals surface area contributed by atoms with Crippen molar-refractivity contribution in [3.63, 3.8) is 0 Å². The first-order valence-corrected chi connectivity index (χ1v) is 10.9. The largest absolute Gasteiger partial charge is 0.355 e. The third-order valence-electron chi connectivity index (χ3n) is 4.52. The maximum absolute atomic E-state index is 13.8. The molecule has 8 heteroatoms. The molecule has 0 radical (unpaired) electrons. The topological polar surface area (TPSA) is 69.7 Å². The number of carbonyl (C=O) groups is 1. The normalized spacial score (nSPS) is 16.0. The molecule has 1 amide bonds. The highest BCUT2D eigenvalue weighted by Crippen LogP contribution is 2.12. The summed E-state index contributed by atoms with van der Waals surface area (Å²) in [6.45, 7) is 3.19. The molecule has 0 aromatic heterocycles. The van der Waals surface area contributed by atoms with Crippen LogP contribution < -0.4 is 5.32 Å². The Balaban J connectivity index is 1.80. The van der Waals surface area contributed by atoms with Crippen molar-refractivity contribution in [2.45, 2.75) is 32.2 Å². The highest BCUT2D eigenvalue weighted by Gasteiger charge is 2.21. The molecule has 26 heavy (non-hydrogen) atoms. The van der Waals surface area contributed by atoms with Crippen LogP contribution in [0.15, 0.2) is 24.3 Å². The third kappa shape index (κ3) is 7.01. The van der Waals surface area contributed by atoms with Crippen LogP contribution in [0.25, 0.3) is 0 Å². The molecule has 1 N–H and O–H groups in total. The monoisotopic (exact) mass is 385 g/mol. The standard InChI is InChI=1S/C18H28FN3O3S/c1-26(24,25)22(14-16-8-3-4-9-17(16)19)15-18(23)20-10-7-13-21-11-5-2-6-12-21/h3-4,8-9H,2,5-7,10-15H2,1H3,(H,20,23). The van der Waals surface area contributed by atoms with Gasteiger partial charge in [0.25, 0.3) is 0 Å². The van der Waals surface area contributed by atoms with E-state index in [4.69, 9.17) is 0 Å². The number of rotatable bonds is 9. The van der Waals surface area contributed by atoms with E-state index in [2.05, 4.69) is 10.2 Å². The lowest BCUT2D eigenvalue weighted by Crippen LogP contribution is -2.41. The average molecular weight is 386 g/mol. The predicted molar refractivity (Wildman–Crippen MR) is 99.6 cm³/mol. The van der Waals surface area contributed by atoms with Gasteiger partial charge < -0.3 is 10.2 Å². The number of carbonyl (C=O) groups excluding carboxylic acids is 1. The summed E-state index contributed by atoms with van der Waals surface area (Å²) in [5, 5.41) is 2.76. The molecule has 1 fully saturated rings. The number of sulfonamides is 1. The molecule has 1 saturated heterocycles. The van der Waals surface area contributed by atoms with Crippen LogP contribution in [0.5, 0.6) is 0 Å². The molecule has 6 nitrogen and oxygen atoms in total. The van der Waals surface area contributed by atoms with Crippen molar-refractivity contribution in [3.8, 4) is 0 Å². The molecule has 0 unspecified atom stereocenters. The highest BCUT2D eigenvalue weighted by atomic mass is 32.2. The summed E-state index contributed by atoms with van der Waals surface area (Å²) in [5.74, 6) is -0.853. The second kappa shape index (κ2) is 9.99. The minimum atomic E-state index is -3.63. The zero-order valence-electron chi connectivity index (χ0n) is 15.3. The molecule has 1 aromatic carbocycles. The van der Waals surface area contributed by atoms with Gasteiger partial charge in [0, 0.05) is 18.7 Å². The number of benzene rings is 1. The first kappa shape index (κ1) is 20.8. The molecule has 0 atom stereocenters. The predicted octanol–water partition coefficient (Wildman–Crippen LogP) is 1.58. The van der Waals surface area contributed by atoms with Crippen LogP contribution in [-0.2, 0) is 21.4 Å². The van der Waals surface area contributed by atoms with Crippen molar-refractivity contribution in [1.82, 2.24) is 14.5 Å². The zero-order chi connectivity index (χ0) is 19.0. The van der Waals surface area contributed by atoms with Crippen molar-refractivity contribution in [1.29, 1.82) is 0 Å². The summed E-state index contributed by atoms with van der Waals surface area (Å²) in [6.07, 6.45) is 5.60. The van der Waals surface area contributed by atoms with Gasteiger partial charge in [-0.25, -0.2) is 12.8 Å². The van der Waals surface area contributed by atoms with Crippen LogP contribution in [0.2, 0.25) is 0 Å². The van der Waals surface area contributed by atoms with Gasteiger partial charge in [0.05, 0.1) is 12.8 Å². The molecule has 0 saturated carbocycles. The zero-order valence-corrected chi connectivity index (χ0v) is 16.1. The second-order valence-electron chi connectivity index (χ2n) is 6.73. The third-order valence-corrected chi connectivity index (χ3v) is 5.71. The van der Waals surface area contributed by atoms with Crippen molar-refractivity contribution in [2.24, 2.45) is 0 Å². The summed E-state index contributed by atoms with van der Waals surface area (Å²) >= 11 is 0. The lowest BCUT2D eigenvalue weighted by atomic mass is 10.1. The molecule has 0 bridgehead atoms. The van der Waals surface area contributed by atoms with Crippen LogP contribution in [0.1, 0.15) is 31.2 Å². The lowest BCUT2D eigenvalue weighted by Gasteiger charge is -2.26. The molecule has 146 valence electrons. The summed E-state index contributed by atoms with van der Waals surface area (Å²) in [6, 6.07) is 5.97. The van der Waals surface area contributed by atoms with Gasteiger partial charge in [-0.05, 0) is 45.0 Å². The highest BCUT2D eigenvalue weighted by molar-refractivity contribution is 7.88. The Morgan fingerprint density at radius 3 is 2.58 bits per heavy atom. The Morgan fingerprint density at radius 1 is 1.23 bits per heavy atom. The van der Waals surface area contributed by atoms with E-state index in [-0.39, 0.29) is 24.6 Å². The van der Waals surface area contributed by atoms with Crippen LogP contribution in [0.3, 0.4) is 0 Å². The van der Waals surface area contributed by atoms with E-state index in [1.165, 1.54) is 31.4 Å². The molecule has 0 aliphatic carbocycles. The molecule has 1 aromatic rings. The van der Waals surface area contributed by atoms with Gasteiger partial charge in [-0.1, -0.05) is 24.6 Å². The summed E-state index contributed by atoms with van der Waals surface area (Å²) in [5.41, 5.74) is 0.246. The van der Waals surface area contributed by atoms with Gasteiger partial charge in [0.1, 0.15) is 5.82 Å². The fourth-order valence-corrected chi connectivity index (χ4v) is 3.76. The average Bonchev–Trinajstić information content (AvgIpc) is 2.60. The number of hydrogen-bond donors (Lipinski definition) is 1. The molecular weight excluding hydrogens is 357 g/mol. The van der Waals surface area contributed by atoms with Crippen LogP contribution in [0.4, 0.5) is 4.39 Å². The molecule has 2 rings (SSSR count). The number of likely N-dealkylation sites (tertiary alicyclic amines) is 1. The maximum Gasteiger partial charge on any atom is 0.235 e. The van der Waals surface area contributed by atoms with Crippen molar-refractivity contribution in [2.75, 3.05) is 39.0 Å². The van der Waals surface area contributed by atoms with E-state index in [9.17, 15) is 17.6 Å². The Labute approximate surface area is 155 Å². The Kier molecular flexibility index (Phi) is 7.99. The molecule has 0 spiro atoms. The number of piperidine rings is 1. The van der Waals surface area contributed by atoms with E-state index in [1.54, 1.807) is 12.1 Å². The van der Waals surface area contributed by atoms with Crippen LogP contribution in [0, 0.1) is 5.82 Å². The van der Waals surface area contributed by atoms with E-state index in [0.717, 1.165) is 36.6 Å². The summed E-state index contributed by atoms with van der Waals surface area (Å²) < 4.78 is 38.6. The van der Waals surface area contributed by atoms with Crippen LogP contribution >= 0.6 is 0 Å². The Morgan fingerprint density at radius 2 is 1.92 bits per heavy atom. The molecule has 1 aliphatic heterocycles. The first-order valence-electron chi connectivity index (χ1n) is 9.04. The van der Waals surface area contributed by atoms with Crippen LogP contribution in [-0.4, -0.2) is 62.5 Å². The van der Waals surface area contributed by atoms with E-state index < -0.39 is 15.8 Å². The van der Waals surface area contributed by atoms with Gasteiger partial charge in [0.15, 0.2) is 0 Å². The first-order chi connectivity index (χ1) is 12.4. The molecule has 1 aliphatic rings. The minimum absolute atomic E-state index is 0.160. The van der Waals surface area contributed by atoms with Crippen molar-refractivity contribution >= 4 is 15.9 Å². The van der Waals surface area contributed by atoms with Gasteiger partial charge in [0.2, 0.25) is 15.9 Å². The SMILES string of the molecule is CS(=O)(=O)N(CC(=O)NCCCN1CCCCC1)Cc1ccccc1F. The Hall–Kier alpha value is -1.51.